The molecular weight excluding hydrogens is 287 g/mol. The molecule has 1 atom stereocenters. The van der Waals surface area contributed by atoms with Crippen molar-refractivity contribution >= 4 is 11.9 Å². The summed E-state index contributed by atoms with van der Waals surface area (Å²) in [6.07, 6.45) is -4.60. The van der Waals surface area contributed by atoms with Gasteiger partial charge in [-0.15, -0.1) is 0 Å². The topological polar surface area (TPSA) is 66.4 Å². The highest BCUT2D eigenvalue weighted by molar-refractivity contribution is 5.85. The van der Waals surface area contributed by atoms with Crippen molar-refractivity contribution in [3.05, 3.63) is 35.4 Å². The predicted octanol–water partition coefficient (Wildman–Crippen LogP) is 2.47. The molecule has 4 nitrogen and oxygen atoms in total. The molecule has 1 rings (SSSR count). The van der Waals surface area contributed by atoms with E-state index in [1.165, 1.54) is 12.1 Å². The number of carboxylic acid groups (broad SMARTS) is 1. The number of alkyl halides is 3. The van der Waals surface area contributed by atoms with Gasteiger partial charge in [-0.25, -0.2) is 4.79 Å². The number of carbonyl (C=O) groups excluding carboxylic acids is 1. The molecule has 0 saturated carbocycles. The molecule has 1 amide bonds. The standard InChI is InChI=1S/C14H16F3NO3/c1-8(2)12(13(20)21)18-11(19)7-9-3-5-10(6-4-9)14(15,16)17/h3-6,8,12H,7H2,1-2H3,(H,18,19)(H,20,21)/t12-/m1/s1. The fourth-order valence-corrected chi connectivity index (χ4v) is 1.74. The van der Waals surface area contributed by atoms with Crippen molar-refractivity contribution in [2.75, 3.05) is 0 Å². The number of rotatable bonds is 5. The van der Waals surface area contributed by atoms with Gasteiger partial charge in [0.1, 0.15) is 6.04 Å². The summed E-state index contributed by atoms with van der Waals surface area (Å²) in [5.74, 6) is -1.99. The Labute approximate surface area is 120 Å². The number of carboxylic acids is 1. The highest BCUT2D eigenvalue weighted by Gasteiger charge is 2.30. The molecule has 0 aromatic heterocycles. The summed E-state index contributed by atoms with van der Waals surface area (Å²) >= 11 is 0. The molecule has 0 radical (unpaired) electrons. The van der Waals surface area contributed by atoms with Crippen LogP contribution in [0.25, 0.3) is 0 Å². The van der Waals surface area contributed by atoms with Crippen molar-refractivity contribution in [1.29, 1.82) is 0 Å². The second-order valence-corrected chi connectivity index (χ2v) is 5.00. The van der Waals surface area contributed by atoms with Crippen molar-refractivity contribution in [2.24, 2.45) is 5.92 Å². The third kappa shape index (κ3) is 5.09. The quantitative estimate of drug-likeness (QED) is 0.878. The normalized spacial score (nSPS) is 13.0. The Morgan fingerprint density at radius 1 is 1.19 bits per heavy atom. The lowest BCUT2D eigenvalue weighted by atomic mass is 10.0. The summed E-state index contributed by atoms with van der Waals surface area (Å²) in [6, 6.07) is 3.16. The smallest absolute Gasteiger partial charge is 0.416 e. The highest BCUT2D eigenvalue weighted by atomic mass is 19.4. The maximum atomic E-state index is 12.4. The van der Waals surface area contributed by atoms with E-state index >= 15 is 0 Å². The molecule has 1 aromatic rings. The van der Waals surface area contributed by atoms with Crippen LogP contribution in [0.4, 0.5) is 13.2 Å². The van der Waals surface area contributed by atoms with E-state index in [-0.39, 0.29) is 12.3 Å². The van der Waals surface area contributed by atoms with Gasteiger partial charge in [-0.1, -0.05) is 26.0 Å². The number of carbonyl (C=O) groups is 2. The minimum Gasteiger partial charge on any atom is -0.480 e. The van der Waals surface area contributed by atoms with Gasteiger partial charge in [-0.2, -0.15) is 13.2 Å². The van der Waals surface area contributed by atoms with Crippen LogP contribution in [0.5, 0.6) is 0 Å². The summed E-state index contributed by atoms with van der Waals surface area (Å²) in [5, 5.41) is 11.3. The SMILES string of the molecule is CC(C)[C@@H](NC(=O)Cc1ccc(C(F)(F)F)cc1)C(=O)O. The summed E-state index contributed by atoms with van der Waals surface area (Å²) in [6.45, 7) is 3.30. The maximum absolute atomic E-state index is 12.4. The summed E-state index contributed by atoms with van der Waals surface area (Å²) in [7, 11) is 0. The first-order valence-corrected chi connectivity index (χ1v) is 6.29. The van der Waals surface area contributed by atoms with E-state index in [2.05, 4.69) is 5.32 Å². The molecule has 1 aromatic carbocycles. The fourth-order valence-electron chi connectivity index (χ4n) is 1.74. The Balaban J connectivity index is 2.69. The molecule has 0 fully saturated rings. The Kier molecular flexibility index (Phi) is 5.34. The van der Waals surface area contributed by atoms with Crippen LogP contribution in [0.2, 0.25) is 0 Å². The van der Waals surface area contributed by atoms with Gasteiger partial charge in [-0.05, 0) is 23.6 Å². The lowest BCUT2D eigenvalue weighted by Gasteiger charge is -2.17. The van der Waals surface area contributed by atoms with Gasteiger partial charge < -0.3 is 10.4 Å². The first kappa shape index (κ1) is 17.0. The van der Waals surface area contributed by atoms with E-state index in [9.17, 15) is 22.8 Å². The van der Waals surface area contributed by atoms with E-state index < -0.39 is 29.7 Å². The van der Waals surface area contributed by atoms with Crippen LogP contribution in [-0.2, 0) is 22.2 Å². The average molecular weight is 303 g/mol. The van der Waals surface area contributed by atoms with Crippen LogP contribution in [0, 0.1) is 5.92 Å². The number of aliphatic carboxylic acids is 1. The largest absolute Gasteiger partial charge is 0.480 e. The number of hydrogen-bond donors (Lipinski definition) is 2. The number of halogens is 3. The third-order valence-electron chi connectivity index (χ3n) is 2.90. The van der Waals surface area contributed by atoms with E-state index in [0.717, 1.165) is 12.1 Å². The van der Waals surface area contributed by atoms with Crippen LogP contribution in [0.3, 0.4) is 0 Å². The summed E-state index contributed by atoms with van der Waals surface area (Å²) in [4.78, 5) is 22.7. The Hall–Kier alpha value is -2.05. The van der Waals surface area contributed by atoms with Gasteiger partial charge in [-0.3, -0.25) is 4.79 Å². The lowest BCUT2D eigenvalue weighted by Crippen LogP contribution is -2.44. The van der Waals surface area contributed by atoms with Crippen molar-refractivity contribution in [2.45, 2.75) is 32.5 Å². The van der Waals surface area contributed by atoms with Crippen molar-refractivity contribution < 1.29 is 27.9 Å². The molecule has 7 heteroatoms. The molecule has 0 saturated heterocycles. The summed E-state index contributed by atoms with van der Waals surface area (Å²) < 4.78 is 37.2. The van der Waals surface area contributed by atoms with E-state index in [0.29, 0.717) is 5.56 Å². The zero-order valence-electron chi connectivity index (χ0n) is 11.6. The van der Waals surface area contributed by atoms with Crippen molar-refractivity contribution in [1.82, 2.24) is 5.32 Å². The first-order valence-electron chi connectivity index (χ1n) is 6.29. The van der Waals surface area contributed by atoms with Crippen LogP contribution >= 0.6 is 0 Å². The van der Waals surface area contributed by atoms with Crippen LogP contribution < -0.4 is 5.32 Å². The monoisotopic (exact) mass is 303 g/mol. The zero-order chi connectivity index (χ0) is 16.2. The van der Waals surface area contributed by atoms with Gasteiger partial charge in [0, 0.05) is 0 Å². The van der Waals surface area contributed by atoms with E-state index in [1.807, 2.05) is 0 Å². The molecule has 0 heterocycles. The molecule has 0 aliphatic rings. The Morgan fingerprint density at radius 3 is 2.10 bits per heavy atom. The number of nitrogens with one attached hydrogen (secondary N) is 1. The van der Waals surface area contributed by atoms with Crippen LogP contribution in [0.1, 0.15) is 25.0 Å². The number of amides is 1. The first-order chi connectivity index (χ1) is 9.61. The zero-order valence-corrected chi connectivity index (χ0v) is 11.6. The van der Waals surface area contributed by atoms with Crippen LogP contribution in [-0.4, -0.2) is 23.0 Å². The van der Waals surface area contributed by atoms with Gasteiger partial charge in [0.05, 0.1) is 12.0 Å². The lowest BCUT2D eigenvalue weighted by molar-refractivity contribution is -0.143. The third-order valence-corrected chi connectivity index (χ3v) is 2.90. The molecule has 21 heavy (non-hydrogen) atoms. The van der Waals surface area contributed by atoms with Gasteiger partial charge in [0.25, 0.3) is 0 Å². The average Bonchev–Trinajstić information content (AvgIpc) is 2.34. The molecule has 0 unspecified atom stereocenters. The number of hydrogen-bond acceptors (Lipinski definition) is 2. The molecule has 2 N–H and O–H groups in total. The van der Waals surface area contributed by atoms with Crippen LogP contribution in [0.15, 0.2) is 24.3 Å². The van der Waals surface area contributed by atoms with Gasteiger partial charge in [0.2, 0.25) is 5.91 Å². The predicted molar refractivity (Wildman–Crippen MR) is 69.6 cm³/mol. The Bertz CT molecular complexity index is 509. The van der Waals surface area contributed by atoms with E-state index in [4.69, 9.17) is 5.11 Å². The molecular formula is C14H16F3NO3. The van der Waals surface area contributed by atoms with Gasteiger partial charge >= 0.3 is 12.1 Å². The summed E-state index contributed by atoms with van der Waals surface area (Å²) in [5.41, 5.74) is -0.411. The maximum Gasteiger partial charge on any atom is 0.416 e. The fraction of sp³-hybridized carbons (Fsp3) is 0.429. The number of benzene rings is 1. The highest BCUT2D eigenvalue weighted by Crippen LogP contribution is 2.29. The van der Waals surface area contributed by atoms with Crippen molar-refractivity contribution in [3.8, 4) is 0 Å². The van der Waals surface area contributed by atoms with Crippen molar-refractivity contribution in [3.63, 3.8) is 0 Å². The Morgan fingerprint density at radius 2 is 1.71 bits per heavy atom. The molecule has 0 spiro atoms. The molecule has 0 aliphatic heterocycles. The molecule has 0 aliphatic carbocycles. The second-order valence-electron chi connectivity index (χ2n) is 5.00. The van der Waals surface area contributed by atoms with E-state index in [1.54, 1.807) is 13.8 Å². The van der Waals surface area contributed by atoms with Gasteiger partial charge in [0.15, 0.2) is 0 Å². The second kappa shape index (κ2) is 6.60. The minimum absolute atomic E-state index is 0.172. The molecule has 116 valence electrons. The minimum atomic E-state index is -4.42. The molecule has 0 bridgehead atoms.